The zero-order valence-corrected chi connectivity index (χ0v) is 68.3. The van der Waals surface area contributed by atoms with Crippen molar-refractivity contribution in [1.29, 1.82) is 0 Å². The number of unbranched alkanes of at least 4 members (excludes halogenated alkanes) is 44. The molecule has 0 aromatic rings. The van der Waals surface area contributed by atoms with Crippen LogP contribution in [0, 0.1) is 23.7 Å². The summed E-state index contributed by atoms with van der Waals surface area (Å²) in [7, 11) is -9.92. The molecule has 6 atom stereocenters. The number of rotatable bonds is 79. The molecule has 0 saturated heterocycles. The van der Waals surface area contributed by atoms with E-state index < -0.39 is 97.5 Å². The van der Waals surface area contributed by atoms with Crippen LogP contribution in [0.1, 0.15) is 421 Å². The van der Waals surface area contributed by atoms with Crippen molar-refractivity contribution in [2.24, 2.45) is 23.7 Å². The molecule has 0 aliphatic carbocycles. The van der Waals surface area contributed by atoms with Gasteiger partial charge in [-0.25, -0.2) is 9.13 Å². The van der Waals surface area contributed by atoms with Crippen molar-refractivity contribution < 1.29 is 80.2 Å². The van der Waals surface area contributed by atoms with Gasteiger partial charge in [-0.1, -0.05) is 370 Å². The topological polar surface area (TPSA) is 237 Å². The second-order valence-corrected chi connectivity index (χ2v) is 34.1. The molecule has 0 bridgehead atoms. The molecule has 0 fully saturated rings. The molecule has 0 aliphatic rings. The van der Waals surface area contributed by atoms with Crippen molar-refractivity contribution in [3.05, 3.63) is 0 Å². The number of aliphatic hydroxyl groups is 1. The van der Waals surface area contributed by atoms with Crippen LogP contribution in [-0.2, 0) is 65.4 Å². The molecule has 600 valence electrons. The molecule has 4 unspecified atom stereocenters. The normalized spacial score (nSPS) is 14.3. The summed E-state index contributed by atoms with van der Waals surface area (Å²) < 4.78 is 68.7. The molecule has 0 aromatic heterocycles. The van der Waals surface area contributed by atoms with Gasteiger partial charge >= 0.3 is 39.5 Å². The van der Waals surface area contributed by atoms with Gasteiger partial charge in [-0.15, -0.1) is 0 Å². The van der Waals surface area contributed by atoms with Gasteiger partial charge in [0.05, 0.1) is 26.4 Å². The number of carbonyl (C=O) groups excluding carboxylic acids is 4. The van der Waals surface area contributed by atoms with Crippen LogP contribution >= 0.6 is 15.6 Å². The Balaban J connectivity index is 5.23. The van der Waals surface area contributed by atoms with Crippen molar-refractivity contribution >= 4 is 39.5 Å². The first kappa shape index (κ1) is 99.1. The Morgan fingerprint density at radius 3 is 0.703 bits per heavy atom. The van der Waals surface area contributed by atoms with Gasteiger partial charge in [0.2, 0.25) is 0 Å². The monoisotopic (exact) mass is 1480 g/mol. The third-order valence-electron chi connectivity index (χ3n) is 19.4. The minimum atomic E-state index is -4.96. The van der Waals surface area contributed by atoms with E-state index in [-0.39, 0.29) is 25.7 Å². The number of aliphatic hydroxyl groups excluding tert-OH is 1. The van der Waals surface area contributed by atoms with Crippen molar-refractivity contribution in [2.45, 2.75) is 440 Å². The van der Waals surface area contributed by atoms with E-state index in [0.717, 1.165) is 114 Å². The van der Waals surface area contributed by atoms with E-state index in [1.54, 1.807) is 0 Å². The van der Waals surface area contributed by atoms with Crippen molar-refractivity contribution in [2.75, 3.05) is 39.6 Å². The van der Waals surface area contributed by atoms with E-state index in [1.165, 1.54) is 218 Å². The highest BCUT2D eigenvalue weighted by atomic mass is 31.2. The van der Waals surface area contributed by atoms with Crippen LogP contribution in [0.15, 0.2) is 0 Å². The molecule has 0 aromatic carbocycles. The summed E-state index contributed by atoms with van der Waals surface area (Å²) in [6.45, 7) is 14.3. The number of esters is 4. The van der Waals surface area contributed by atoms with E-state index in [0.29, 0.717) is 31.6 Å². The fraction of sp³-hybridized carbons (Fsp3) is 0.951. The van der Waals surface area contributed by atoms with Crippen LogP contribution < -0.4 is 0 Å². The summed E-state index contributed by atoms with van der Waals surface area (Å²) >= 11 is 0. The number of phosphoric acid groups is 2. The lowest BCUT2D eigenvalue weighted by Crippen LogP contribution is -2.30. The molecule has 0 rings (SSSR count). The maximum atomic E-state index is 13.1. The van der Waals surface area contributed by atoms with Gasteiger partial charge < -0.3 is 33.8 Å². The third-order valence-corrected chi connectivity index (χ3v) is 21.3. The third kappa shape index (κ3) is 74.7. The van der Waals surface area contributed by atoms with E-state index in [2.05, 4.69) is 55.4 Å². The summed E-state index contributed by atoms with van der Waals surface area (Å²) in [6, 6.07) is 0. The highest BCUT2D eigenvalue weighted by Gasteiger charge is 2.30. The summed E-state index contributed by atoms with van der Waals surface area (Å²) in [5, 5.41) is 10.6. The lowest BCUT2D eigenvalue weighted by molar-refractivity contribution is -0.161. The highest BCUT2D eigenvalue weighted by molar-refractivity contribution is 7.47. The number of hydrogen-bond acceptors (Lipinski definition) is 15. The SMILES string of the molecule is CCC(C)CCCCCCCCCCCCC(=O)O[C@H](COC(=O)CCCCCCCCCC(C)C)COP(=O)(O)OCC(O)COP(=O)(O)OC[C@@H](COC(=O)CCCCCCCCCCCCCCCC(C)C)OC(=O)CCCCCCCCCCCCCCCCCCCCC(C)C. The summed E-state index contributed by atoms with van der Waals surface area (Å²) in [5.74, 6) is 1.01. The molecule has 19 heteroatoms. The first-order valence-electron chi connectivity index (χ1n) is 42.2. The highest BCUT2D eigenvalue weighted by Crippen LogP contribution is 2.45. The minimum Gasteiger partial charge on any atom is -0.462 e. The molecular weight excluding hydrogens is 1320 g/mol. The molecule has 0 aliphatic heterocycles. The first-order valence-corrected chi connectivity index (χ1v) is 45.2. The molecule has 101 heavy (non-hydrogen) atoms. The van der Waals surface area contributed by atoms with Gasteiger partial charge in [0.15, 0.2) is 12.2 Å². The molecule has 3 N–H and O–H groups in total. The second-order valence-electron chi connectivity index (χ2n) is 31.2. The Bertz CT molecular complexity index is 1970. The Hall–Kier alpha value is -1.94. The summed E-state index contributed by atoms with van der Waals surface area (Å²) in [5.41, 5.74) is 0. The van der Waals surface area contributed by atoms with E-state index in [1.807, 2.05) is 0 Å². The maximum Gasteiger partial charge on any atom is 0.472 e. The number of carbonyl (C=O) groups is 4. The average Bonchev–Trinajstić information content (AvgIpc) is 0.918. The van der Waals surface area contributed by atoms with Gasteiger partial charge in [-0.2, -0.15) is 0 Å². The second kappa shape index (κ2) is 71.0. The van der Waals surface area contributed by atoms with E-state index in [4.69, 9.17) is 37.0 Å². The zero-order chi connectivity index (χ0) is 74.6. The predicted octanol–water partition coefficient (Wildman–Crippen LogP) is 24.4. The molecule has 0 saturated carbocycles. The van der Waals surface area contributed by atoms with Crippen LogP contribution in [0.25, 0.3) is 0 Å². The average molecular weight is 1480 g/mol. The fourth-order valence-corrected chi connectivity index (χ4v) is 14.2. The quantitative estimate of drug-likeness (QED) is 0.0222. The van der Waals surface area contributed by atoms with Crippen LogP contribution in [0.3, 0.4) is 0 Å². The number of ether oxygens (including phenoxy) is 4. The largest absolute Gasteiger partial charge is 0.472 e. The standard InChI is InChI=1S/C82H160O17P2/c1-9-75(8)61-53-45-37-29-25-26-32-40-49-57-65-82(87)99-78(69-93-80(85)63-55-47-41-33-36-44-52-60-74(6)7)71-97-101(90,91)95-67-76(83)66-94-100(88,89)96-70-77(68-92-79(84)62-54-46-38-30-23-20-16-18-22-28-35-43-51-59-73(4)5)98-81(86)64-56-48-39-31-24-19-15-13-11-10-12-14-17-21-27-34-42-50-58-72(2)3/h72-78,83H,9-71H2,1-8H3,(H,88,89)(H,90,91)/t75?,76?,77-,78-/m1/s1. The van der Waals surface area contributed by atoms with Crippen LogP contribution in [-0.4, -0.2) is 96.7 Å². The smallest absolute Gasteiger partial charge is 0.462 e. The van der Waals surface area contributed by atoms with Crippen LogP contribution in [0.2, 0.25) is 0 Å². The maximum absolute atomic E-state index is 13.1. The minimum absolute atomic E-state index is 0.105. The number of hydrogen-bond donors (Lipinski definition) is 3. The van der Waals surface area contributed by atoms with E-state index in [9.17, 15) is 43.2 Å². The fourth-order valence-electron chi connectivity index (χ4n) is 12.6. The molecule has 0 amide bonds. The van der Waals surface area contributed by atoms with Gasteiger partial charge in [0.25, 0.3) is 0 Å². The van der Waals surface area contributed by atoms with Crippen LogP contribution in [0.4, 0.5) is 0 Å². The van der Waals surface area contributed by atoms with Crippen molar-refractivity contribution in [1.82, 2.24) is 0 Å². The van der Waals surface area contributed by atoms with Crippen LogP contribution in [0.5, 0.6) is 0 Å². The summed E-state index contributed by atoms with van der Waals surface area (Å²) in [4.78, 5) is 73.0. The van der Waals surface area contributed by atoms with E-state index >= 15 is 0 Å². The van der Waals surface area contributed by atoms with Crippen molar-refractivity contribution in [3.8, 4) is 0 Å². The Kier molecular flexibility index (Phi) is 69.6. The number of phosphoric ester groups is 2. The molecule has 17 nitrogen and oxygen atoms in total. The first-order chi connectivity index (χ1) is 48.6. The predicted molar refractivity (Wildman–Crippen MR) is 414 cm³/mol. The van der Waals surface area contributed by atoms with Gasteiger partial charge in [-0.05, 0) is 49.4 Å². The molecular formula is C82H160O17P2. The van der Waals surface area contributed by atoms with Crippen molar-refractivity contribution in [3.63, 3.8) is 0 Å². The Morgan fingerprint density at radius 1 is 0.277 bits per heavy atom. The Labute approximate surface area is 619 Å². The van der Waals surface area contributed by atoms with Gasteiger partial charge in [-0.3, -0.25) is 37.3 Å². The lowest BCUT2D eigenvalue weighted by atomic mass is 9.99. The summed E-state index contributed by atoms with van der Waals surface area (Å²) in [6.07, 6.45) is 58.3. The Morgan fingerprint density at radius 2 is 0.475 bits per heavy atom. The molecule has 0 spiro atoms. The molecule has 0 radical (unpaired) electrons. The van der Waals surface area contributed by atoms with Gasteiger partial charge in [0.1, 0.15) is 19.3 Å². The molecule has 0 heterocycles. The van der Waals surface area contributed by atoms with Gasteiger partial charge in [0, 0.05) is 25.7 Å². The zero-order valence-electron chi connectivity index (χ0n) is 66.5. The lowest BCUT2D eigenvalue weighted by Gasteiger charge is -2.21.